The van der Waals surface area contributed by atoms with Crippen molar-refractivity contribution < 1.29 is 0 Å². The Morgan fingerprint density at radius 3 is 3.13 bits per heavy atom. The van der Waals surface area contributed by atoms with E-state index in [1.165, 1.54) is 17.7 Å². The Morgan fingerprint density at radius 2 is 2.40 bits per heavy atom. The van der Waals surface area contributed by atoms with Crippen molar-refractivity contribution in [2.45, 2.75) is 32.7 Å². The molecule has 0 fully saturated rings. The lowest BCUT2D eigenvalue weighted by Gasteiger charge is -1.95. The predicted molar refractivity (Wildman–Crippen MR) is 62.1 cm³/mol. The number of unbranched alkanes of at least 4 members (excludes halogenated alkanes) is 1. The first kappa shape index (κ1) is 10.4. The van der Waals surface area contributed by atoms with Crippen LogP contribution in [-0.4, -0.2) is 15.0 Å². The van der Waals surface area contributed by atoms with Gasteiger partial charge in [-0.1, -0.05) is 24.6 Å². The van der Waals surface area contributed by atoms with E-state index in [-0.39, 0.29) is 0 Å². The van der Waals surface area contributed by atoms with Crippen LogP contribution >= 0.6 is 11.3 Å². The second-order valence-corrected chi connectivity index (χ2v) is 4.62. The van der Waals surface area contributed by atoms with Gasteiger partial charge >= 0.3 is 0 Å². The molecular formula is C11H15N3S. The molecule has 0 aliphatic rings. The van der Waals surface area contributed by atoms with Crippen molar-refractivity contribution >= 4 is 11.3 Å². The average molecular weight is 221 g/mol. The first-order valence-corrected chi connectivity index (χ1v) is 6.18. The Bertz CT molecular complexity index is 392. The molecule has 0 N–H and O–H groups in total. The summed E-state index contributed by atoms with van der Waals surface area (Å²) in [6.07, 6.45) is 5.49. The van der Waals surface area contributed by atoms with Crippen molar-refractivity contribution in [3.63, 3.8) is 0 Å². The molecule has 15 heavy (non-hydrogen) atoms. The number of aromatic nitrogens is 3. The van der Waals surface area contributed by atoms with Gasteiger partial charge in [0, 0.05) is 11.1 Å². The molecule has 0 atom stereocenters. The number of hydrogen-bond acceptors (Lipinski definition) is 3. The van der Waals surface area contributed by atoms with Crippen molar-refractivity contribution in [2.24, 2.45) is 0 Å². The molecule has 0 aliphatic carbocycles. The second kappa shape index (κ2) is 5.07. The first-order valence-electron chi connectivity index (χ1n) is 5.30. The highest BCUT2D eigenvalue weighted by molar-refractivity contribution is 7.09. The monoisotopic (exact) mass is 221 g/mol. The zero-order chi connectivity index (χ0) is 10.5. The van der Waals surface area contributed by atoms with Gasteiger partial charge in [0.2, 0.25) is 0 Å². The maximum atomic E-state index is 4.15. The second-order valence-electron chi connectivity index (χ2n) is 3.59. The summed E-state index contributed by atoms with van der Waals surface area (Å²) in [6.45, 7) is 3.03. The Kier molecular flexibility index (Phi) is 3.50. The quantitative estimate of drug-likeness (QED) is 0.777. The van der Waals surface area contributed by atoms with E-state index in [2.05, 4.69) is 40.9 Å². The van der Waals surface area contributed by atoms with E-state index < -0.39 is 0 Å². The molecule has 0 amide bonds. The Labute approximate surface area is 93.7 Å². The molecule has 0 unspecified atom stereocenters. The van der Waals surface area contributed by atoms with E-state index in [0.717, 1.165) is 18.7 Å². The smallest absolute Gasteiger partial charge is 0.0827 e. The summed E-state index contributed by atoms with van der Waals surface area (Å²) in [5.41, 5.74) is 1.11. The summed E-state index contributed by atoms with van der Waals surface area (Å²) < 4.78 is 1.91. The van der Waals surface area contributed by atoms with Gasteiger partial charge in [-0.25, -0.2) is 4.68 Å². The molecule has 2 aromatic rings. The summed E-state index contributed by atoms with van der Waals surface area (Å²) >= 11 is 1.76. The lowest BCUT2D eigenvalue weighted by Crippen LogP contribution is -1.97. The molecule has 2 rings (SSSR count). The molecule has 0 radical (unpaired) electrons. The lowest BCUT2D eigenvalue weighted by molar-refractivity contribution is 0.655. The van der Waals surface area contributed by atoms with E-state index in [1.807, 2.05) is 4.68 Å². The van der Waals surface area contributed by atoms with E-state index in [4.69, 9.17) is 0 Å². The van der Waals surface area contributed by atoms with Crippen LogP contribution in [0.1, 0.15) is 30.3 Å². The fraction of sp³-hybridized carbons (Fsp3) is 0.455. The SMILES string of the molecule is CCCCc1cn(Cc2cccs2)nn1. The van der Waals surface area contributed by atoms with Crippen LogP contribution in [0, 0.1) is 0 Å². The van der Waals surface area contributed by atoms with Crippen LogP contribution in [0.15, 0.2) is 23.7 Å². The Morgan fingerprint density at radius 1 is 1.47 bits per heavy atom. The van der Waals surface area contributed by atoms with Crippen LogP contribution in [0.2, 0.25) is 0 Å². The molecule has 0 saturated carbocycles. The predicted octanol–water partition coefficient (Wildman–Crippen LogP) is 2.73. The molecule has 0 aromatic carbocycles. The van der Waals surface area contributed by atoms with Gasteiger partial charge in [0.1, 0.15) is 0 Å². The van der Waals surface area contributed by atoms with Gasteiger partial charge < -0.3 is 0 Å². The van der Waals surface area contributed by atoms with Crippen molar-refractivity contribution in [1.29, 1.82) is 0 Å². The van der Waals surface area contributed by atoms with Crippen LogP contribution in [0.25, 0.3) is 0 Å². The Hall–Kier alpha value is -1.16. The zero-order valence-corrected chi connectivity index (χ0v) is 9.70. The van der Waals surface area contributed by atoms with E-state index in [1.54, 1.807) is 11.3 Å². The van der Waals surface area contributed by atoms with E-state index in [9.17, 15) is 0 Å². The number of hydrogen-bond donors (Lipinski definition) is 0. The van der Waals surface area contributed by atoms with Crippen LogP contribution in [0.5, 0.6) is 0 Å². The lowest BCUT2D eigenvalue weighted by atomic mass is 10.2. The van der Waals surface area contributed by atoms with Crippen molar-refractivity contribution in [1.82, 2.24) is 15.0 Å². The summed E-state index contributed by atoms with van der Waals surface area (Å²) in [4.78, 5) is 1.32. The fourth-order valence-electron chi connectivity index (χ4n) is 1.45. The number of aryl methyl sites for hydroxylation is 1. The topological polar surface area (TPSA) is 30.7 Å². The van der Waals surface area contributed by atoms with Gasteiger partial charge in [-0.05, 0) is 24.3 Å². The third-order valence-corrected chi connectivity index (χ3v) is 3.13. The van der Waals surface area contributed by atoms with Crippen LogP contribution in [0.3, 0.4) is 0 Å². The molecule has 0 aliphatic heterocycles. The molecule has 0 bridgehead atoms. The van der Waals surface area contributed by atoms with Gasteiger partial charge in [0.15, 0.2) is 0 Å². The molecule has 4 heteroatoms. The highest BCUT2D eigenvalue weighted by Gasteiger charge is 2.01. The van der Waals surface area contributed by atoms with Gasteiger partial charge in [-0.15, -0.1) is 16.4 Å². The van der Waals surface area contributed by atoms with E-state index >= 15 is 0 Å². The molecule has 0 saturated heterocycles. The van der Waals surface area contributed by atoms with Crippen molar-refractivity contribution in [3.8, 4) is 0 Å². The van der Waals surface area contributed by atoms with Crippen LogP contribution in [-0.2, 0) is 13.0 Å². The highest BCUT2D eigenvalue weighted by atomic mass is 32.1. The molecule has 0 spiro atoms. The zero-order valence-electron chi connectivity index (χ0n) is 8.89. The molecule has 3 nitrogen and oxygen atoms in total. The highest BCUT2D eigenvalue weighted by Crippen LogP contribution is 2.10. The normalized spacial score (nSPS) is 10.7. The first-order chi connectivity index (χ1) is 7.38. The Balaban J connectivity index is 1.95. The van der Waals surface area contributed by atoms with Gasteiger partial charge in [0.05, 0.1) is 12.2 Å². The number of nitrogens with zero attached hydrogens (tertiary/aromatic N) is 3. The molecule has 2 aromatic heterocycles. The standard InChI is InChI=1S/C11H15N3S/c1-2-3-5-10-8-14(13-12-10)9-11-6-4-7-15-11/h4,6-8H,2-3,5,9H2,1H3. The largest absolute Gasteiger partial charge is 0.247 e. The summed E-state index contributed by atoms with van der Waals surface area (Å²) in [6, 6.07) is 4.19. The average Bonchev–Trinajstić information content (AvgIpc) is 2.87. The molecule has 80 valence electrons. The fourth-order valence-corrected chi connectivity index (χ4v) is 2.15. The van der Waals surface area contributed by atoms with E-state index in [0.29, 0.717) is 0 Å². The van der Waals surface area contributed by atoms with Crippen LogP contribution < -0.4 is 0 Å². The summed E-state index contributed by atoms with van der Waals surface area (Å²) in [5.74, 6) is 0. The van der Waals surface area contributed by atoms with Crippen molar-refractivity contribution in [3.05, 3.63) is 34.3 Å². The maximum Gasteiger partial charge on any atom is 0.0827 e. The van der Waals surface area contributed by atoms with Crippen LogP contribution in [0.4, 0.5) is 0 Å². The minimum absolute atomic E-state index is 0.844. The van der Waals surface area contributed by atoms with Gasteiger partial charge in [0.25, 0.3) is 0 Å². The molecular weight excluding hydrogens is 206 g/mol. The third kappa shape index (κ3) is 2.89. The molecule has 2 heterocycles. The van der Waals surface area contributed by atoms with Gasteiger partial charge in [-0.3, -0.25) is 0 Å². The summed E-state index contributed by atoms with van der Waals surface area (Å²) in [5, 5.41) is 10.4. The van der Waals surface area contributed by atoms with Gasteiger partial charge in [-0.2, -0.15) is 0 Å². The maximum absolute atomic E-state index is 4.15. The number of rotatable bonds is 5. The minimum atomic E-state index is 0.844. The minimum Gasteiger partial charge on any atom is -0.247 e. The third-order valence-electron chi connectivity index (χ3n) is 2.27. The summed E-state index contributed by atoms with van der Waals surface area (Å²) in [7, 11) is 0. The van der Waals surface area contributed by atoms with Crippen molar-refractivity contribution in [2.75, 3.05) is 0 Å². The number of thiophene rings is 1.